The topological polar surface area (TPSA) is 47.7 Å². The van der Waals surface area contributed by atoms with E-state index in [1.807, 2.05) is 19.1 Å². The summed E-state index contributed by atoms with van der Waals surface area (Å²) in [5.74, 6) is 1.29. The van der Waals surface area contributed by atoms with Crippen molar-refractivity contribution >= 4 is 11.6 Å². The Kier molecular flexibility index (Phi) is 6.80. The van der Waals surface area contributed by atoms with Gasteiger partial charge in [0, 0.05) is 12.6 Å². The second-order valence-corrected chi connectivity index (χ2v) is 6.08. The molecule has 0 bridgehead atoms. The number of nitrogens with two attached hydrogens (primary N) is 1. The van der Waals surface area contributed by atoms with Crippen LogP contribution in [0.1, 0.15) is 44.2 Å². The van der Waals surface area contributed by atoms with Gasteiger partial charge in [-0.1, -0.05) is 24.4 Å². The van der Waals surface area contributed by atoms with E-state index in [9.17, 15) is 0 Å². The van der Waals surface area contributed by atoms with Crippen LogP contribution in [0, 0.1) is 0 Å². The number of nitrogens with zero attached hydrogens (tertiary/aromatic N) is 1. The summed E-state index contributed by atoms with van der Waals surface area (Å²) in [4.78, 5) is 2.47. The highest BCUT2D eigenvalue weighted by Gasteiger charge is 2.23. The highest BCUT2D eigenvalue weighted by atomic mass is 35.5. The highest BCUT2D eigenvalue weighted by Crippen LogP contribution is 2.39. The third-order valence-electron chi connectivity index (χ3n) is 4.23. The van der Waals surface area contributed by atoms with Crippen LogP contribution in [-0.4, -0.2) is 38.3 Å². The molecule has 0 aliphatic carbocycles. The van der Waals surface area contributed by atoms with E-state index in [0.717, 1.165) is 18.7 Å². The van der Waals surface area contributed by atoms with Crippen molar-refractivity contribution in [2.24, 2.45) is 5.73 Å². The Morgan fingerprint density at radius 3 is 2.45 bits per heavy atom. The summed E-state index contributed by atoms with van der Waals surface area (Å²) in [5, 5.41) is 0.580. The third kappa shape index (κ3) is 4.06. The second kappa shape index (κ2) is 8.61. The molecule has 0 radical (unpaired) electrons. The first-order chi connectivity index (χ1) is 10.7. The number of ether oxygens (including phenoxy) is 2. The van der Waals surface area contributed by atoms with Crippen LogP contribution in [0.25, 0.3) is 0 Å². The number of halogens is 1. The molecule has 1 aliphatic rings. The Labute approximate surface area is 138 Å². The lowest BCUT2D eigenvalue weighted by Gasteiger charge is -2.30. The molecular weight excluding hydrogens is 300 g/mol. The lowest BCUT2D eigenvalue weighted by molar-refractivity contribution is 0.209. The van der Waals surface area contributed by atoms with Gasteiger partial charge < -0.3 is 15.2 Å². The van der Waals surface area contributed by atoms with Gasteiger partial charge >= 0.3 is 0 Å². The fourth-order valence-electron chi connectivity index (χ4n) is 3.14. The highest BCUT2D eigenvalue weighted by molar-refractivity contribution is 6.32. The van der Waals surface area contributed by atoms with Gasteiger partial charge in [-0.2, -0.15) is 0 Å². The maximum atomic E-state index is 6.38. The average Bonchev–Trinajstić information content (AvgIpc) is 2.78. The molecule has 2 N–H and O–H groups in total. The molecule has 4 nitrogen and oxygen atoms in total. The number of methoxy groups -OCH3 is 1. The zero-order valence-corrected chi connectivity index (χ0v) is 14.4. The van der Waals surface area contributed by atoms with Crippen molar-refractivity contribution in [3.8, 4) is 11.5 Å². The third-order valence-corrected chi connectivity index (χ3v) is 4.51. The SMILES string of the molecule is CCOc1cc(C(CN)N2CCCCCC2)cc(Cl)c1OC. The zero-order valence-electron chi connectivity index (χ0n) is 13.6. The molecule has 0 spiro atoms. The molecule has 1 fully saturated rings. The molecule has 1 aromatic carbocycles. The summed E-state index contributed by atoms with van der Waals surface area (Å²) >= 11 is 6.38. The molecule has 5 heteroatoms. The average molecular weight is 327 g/mol. The minimum absolute atomic E-state index is 0.181. The van der Waals surface area contributed by atoms with E-state index in [1.54, 1.807) is 7.11 Å². The van der Waals surface area contributed by atoms with Crippen LogP contribution in [0.3, 0.4) is 0 Å². The minimum atomic E-state index is 0.181. The van der Waals surface area contributed by atoms with Crippen molar-refractivity contribution < 1.29 is 9.47 Å². The molecule has 1 heterocycles. The van der Waals surface area contributed by atoms with E-state index in [-0.39, 0.29) is 6.04 Å². The van der Waals surface area contributed by atoms with Crippen molar-refractivity contribution in [1.29, 1.82) is 0 Å². The van der Waals surface area contributed by atoms with E-state index in [2.05, 4.69) is 4.90 Å². The number of benzene rings is 1. The van der Waals surface area contributed by atoms with Crippen molar-refractivity contribution in [3.05, 3.63) is 22.7 Å². The summed E-state index contributed by atoms with van der Waals surface area (Å²) in [6, 6.07) is 4.17. The summed E-state index contributed by atoms with van der Waals surface area (Å²) in [6.45, 7) is 5.29. The smallest absolute Gasteiger partial charge is 0.179 e. The Morgan fingerprint density at radius 2 is 1.91 bits per heavy atom. The first-order valence-electron chi connectivity index (χ1n) is 8.15. The molecule has 0 amide bonds. The van der Waals surface area contributed by atoms with Crippen LogP contribution >= 0.6 is 11.6 Å². The lowest BCUT2D eigenvalue weighted by Crippen LogP contribution is -2.34. The molecule has 1 atom stereocenters. The van der Waals surface area contributed by atoms with Gasteiger partial charge in [-0.05, 0) is 50.6 Å². The first-order valence-corrected chi connectivity index (χ1v) is 8.53. The number of rotatable bonds is 6. The molecular formula is C17H27ClN2O2. The quantitative estimate of drug-likeness (QED) is 0.867. The van der Waals surface area contributed by atoms with Gasteiger partial charge in [0.1, 0.15) is 0 Å². The molecule has 1 unspecified atom stereocenters. The molecule has 1 aromatic rings. The lowest BCUT2D eigenvalue weighted by atomic mass is 10.0. The van der Waals surface area contributed by atoms with E-state index in [1.165, 1.54) is 25.7 Å². The van der Waals surface area contributed by atoms with Gasteiger partial charge in [0.2, 0.25) is 0 Å². The van der Waals surface area contributed by atoms with Crippen molar-refractivity contribution in [2.75, 3.05) is 33.4 Å². The predicted molar refractivity (Wildman–Crippen MR) is 91.0 cm³/mol. The number of likely N-dealkylation sites (tertiary alicyclic amines) is 1. The fourth-order valence-corrected chi connectivity index (χ4v) is 3.44. The largest absolute Gasteiger partial charge is 0.491 e. The van der Waals surface area contributed by atoms with E-state index in [4.69, 9.17) is 26.8 Å². The van der Waals surface area contributed by atoms with Crippen LogP contribution < -0.4 is 15.2 Å². The van der Waals surface area contributed by atoms with Crippen molar-refractivity contribution in [2.45, 2.75) is 38.6 Å². The molecule has 124 valence electrons. The first kappa shape index (κ1) is 17.4. The molecule has 0 aromatic heterocycles. The Balaban J connectivity index is 2.31. The molecule has 1 saturated heterocycles. The normalized spacial score (nSPS) is 17.8. The van der Waals surface area contributed by atoms with Crippen LogP contribution in [0.2, 0.25) is 5.02 Å². The van der Waals surface area contributed by atoms with Gasteiger partial charge in [-0.15, -0.1) is 0 Å². The van der Waals surface area contributed by atoms with Crippen LogP contribution in [-0.2, 0) is 0 Å². The summed E-state index contributed by atoms with van der Waals surface area (Å²) < 4.78 is 11.0. The Bertz CT molecular complexity index is 474. The fraction of sp³-hybridized carbons (Fsp3) is 0.647. The van der Waals surface area contributed by atoms with Gasteiger partial charge in [-0.3, -0.25) is 4.90 Å². The van der Waals surface area contributed by atoms with Crippen LogP contribution in [0.5, 0.6) is 11.5 Å². The Morgan fingerprint density at radius 1 is 1.23 bits per heavy atom. The zero-order chi connectivity index (χ0) is 15.9. The van der Waals surface area contributed by atoms with Crippen molar-refractivity contribution in [1.82, 2.24) is 4.90 Å². The van der Waals surface area contributed by atoms with Gasteiger partial charge in [0.15, 0.2) is 11.5 Å². The minimum Gasteiger partial charge on any atom is -0.491 e. The number of hydrogen-bond acceptors (Lipinski definition) is 4. The van der Waals surface area contributed by atoms with Crippen molar-refractivity contribution in [3.63, 3.8) is 0 Å². The van der Waals surface area contributed by atoms with Gasteiger partial charge in [0.05, 0.1) is 18.7 Å². The standard InChI is InChI=1S/C17H27ClN2O2/c1-3-22-16-11-13(10-14(18)17(16)21-2)15(12-19)20-8-6-4-5-7-9-20/h10-11,15H,3-9,12,19H2,1-2H3. The van der Waals surface area contributed by atoms with Crippen LogP contribution in [0.15, 0.2) is 12.1 Å². The molecule has 1 aliphatic heterocycles. The Hall–Kier alpha value is -0.970. The van der Waals surface area contributed by atoms with Crippen LogP contribution in [0.4, 0.5) is 0 Å². The maximum absolute atomic E-state index is 6.38. The van der Waals surface area contributed by atoms with E-state index >= 15 is 0 Å². The van der Waals surface area contributed by atoms with Gasteiger partial charge in [-0.25, -0.2) is 0 Å². The maximum Gasteiger partial charge on any atom is 0.179 e. The summed E-state index contributed by atoms with van der Waals surface area (Å²) in [7, 11) is 1.61. The molecule has 2 rings (SSSR count). The predicted octanol–water partition coefficient (Wildman–Crippen LogP) is 3.62. The molecule has 0 saturated carbocycles. The summed E-state index contributed by atoms with van der Waals surface area (Å²) in [6.07, 6.45) is 5.08. The molecule has 22 heavy (non-hydrogen) atoms. The summed E-state index contributed by atoms with van der Waals surface area (Å²) in [5.41, 5.74) is 7.18. The second-order valence-electron chi connectivity index (χ2n) is 5.67. The monoisotopic (exact) mass is 326 g/mol. The van der Waals surface area contributed by atoms with E-state index < -0.39 is 0 Å². The van der Waals surface area contributed by atoms with E-state index in [0.29, 0.717) is 29.7 Å². The van der Waals surface area contributed by atoms with Gasteiger partial charge in [0.25, 0.3) is 0 Å². The number of hydrogen-bond donors (Lipinski definition) is 1.